The van der Waals surface area contributed by atoms with Gasteiger partial charge in [-0.2, -0.15) is 0 Å². The van der Waals surface area contributed by atoms with Crippen molar-refractivity contribution in [3.05, 3.63) is 20.2 Å². The molecule has 64 valence electrons. The van der Waals surface area contributed by atoms with Crippen molar-refractivity contribution in [1.82, 2.24) is 0 Å². The Bertz CT molecular complexity index is 152. The molecule has 11 heavy (non-hydrogen) atoms. The summed E-state index contributed by atoms with van der Waals surface area (Å²) in [4.78, 5) is 19.1. The Morgan fingerprint density at radius 3 is 1.55 bits per heavy atom. The van der Waals surface area contributed by atoms with E-state index in [0.29, 0.717) is 0 Å². The first kappa shape index (κ1) is 9.80. The summed E-state index contributed by atoms with van der Waals surface area (Å²) >= 11 is 0. The van der Waals surface area contributed by atoms with Crippen molar-refractivity contribution in [3.8, 4) is 0 Å². The first-order chi connectivity index (χ1) is 4.95. The van der Waals surface area contributed by atoms with E-state index < -0.39 is 21.9 Å². The van der Waals surface area contributed by atoms with E-state index in [2.05, 4.69) is 0 Å². The van der Waals surface area contributed by atoms with Gasteiger partial charge in [0.05, 0.1) is 6.42 Å². The van der Waals surface area contributed by atoms with Gasteiger partial charge in [0.2, 0.25) is 12.1 Å². The van der Waals surface area contributed by atoms with E-state index in [9.17, 15) is 20.2 Å². The number of hydrogen-bond donors (Lipinski definition) is 0. The minimum Gasteiger partial charge on any atom is -0.264 e. The summed E-state index contributed by atoms with van der Waals surface area (Å²) in [5, 5.41) is 20.1. The Balaban J connectivity index is 3.84. The van der Waals surface area contributed by atoms with Gasteiger partial charge in [-0.05, 0) is 0 Å². The molecule has 6 heteroatoms. The van der Waals surface area contributed by atoms with Gasteiger partial charge in [-0.1, -0.05) is 0 Å². The Labute approximate surface area is 63.5 Å². The summed E-state index contributed by atoms with van der Waals surface area (Å²) in [5.74, 6) is 0. The fourth-order valence-corrected chi connectivity index (χ4v) is 0.666. The summed E-state index contributed by atoms with van der Waals surface area (Å²) in [6.45, 7) is 2.72. The van der Waals surface area contributed by atoms with Gasteiger partial charge in [0.25, 0.3) is 0 Å². The molecule has 0 spiro atoms. The number of rotatable bonds is 4. The van der Waals surface area contributed by atoms with Crippen LogP contribution in [0.5, 0.6) is 0 Å². The van der Waals surface area contributed by atoms with Crippen LogP contribution in [0, 0.1) is 20.2 Å². The fraction of sp³-hybridized carbons (Fsp3) is 1.00. The Morgan fingerprint density at radius 1 is 1.09 bits per heavy atom. The molecule has 0 aromatic rings. The second-order valence-electron chi connectivity index (χ2n) is 2.50. The van der Waals surface area contributed by atoms with Crippen LogP contribution in [0.1, 0.15) is 20.3 Å². The number of nitro groups is 2. The zero-order valence-corrected chi connectivity index (χ0v) is 6.39. The van der Waals surface area contributed by atoms with E-state index in [1.54, 1.807) is 0 Å². The van der Waals surface area contributed by atoms with Gasteiger partial charge in [-0.25, -0.2) is 0 Å². The molecule has 0 amide bonds. The van der Waals surface area contributed by atoms with Crippen LogP contribution in [0.4, 0.5) is 0 Å². The minimum atomic E-state index is -0.838. The van der Waals surface area contributed by atoms with Gasteiger partial charge in [0.15, 0.2) is 0 Å². The van der Waals surface area contributed by atoms with E-state index in [4.69, 9.17) is 0 Å². The Hall–Kier alpha value is -1.20. The zero-order valence-electron chi connectivity index (χ0n) is 6.39. The average Bonchev–Trinajstić information content (AvgIpc) is 1.87. The topological polar surface area (TPSA) is 86.3 Å². The molecule has 0 unspecified atom stereocenters. The molecule has 0 fully saturated rings. The zero-order chi connectivity index (χ0) is 9.02. The summed E-state index contributed by atoms with van der Waals surface area (Å²) in [7, 11) is 0. The molecule has 0 aliphatic heterocycles. The fourth-order valence-electron chi connectivity index (χ4n) is 0.666. The normalized spacial score (nSPS) is 15.5. The predicted molar refractivity (Wildman–Crippen MR) is 37.5 cm³/mol. The van der Waals surface area contributed by atoms with Crippen molar-refractivity contribution in [1.29, 1.82) is 0 Å². The summed E-state index contributed by atoms with van der Waals surface area (Å²) in [5.41, 5.74) is 0. The smallest absolute Gasteiger partial charge is 0.216 e. The maximum atomic E-state index is 10.0. The monoisotopic (exact) mass is 162 g/mol. The molecule has 0 aromatic heterocycles. The standard InChI is InChI=1S/C5H10N2O4/c1-4(6(8)9)3-5(2)7(10)11/h4-5H,3H2,1-2H3/t4-,5+. The third kappa shape index (κ3) is 3.49. The van der Waals surface area contributed by atoms with Crippen LogP contribution in [0.2, 0.25) is 0 Å². The first-order valence-electron chi connectivity index (χ1n) is 3.22. The van der Waals surface area contributed by atoms with E-state index in [1.165, 1.54) is 13.8 Å². The lowest BCUT2D eigenvalue weighted by molar-refractivity contribution is -0.555. The molecule has 0 saturated carbocycles. The van der Waals surface area contributed by atoms with Crippen molar-refractivity contribution in [3.63, 3.8) is 0 Å². The highest BCUT2D eigenvalue weighted by atomic mass is 16.6. The molecule has 2 atom stereocenters. The quantitative estimate of drug-likeness (QED) is 0.449. The molecule has 0 heterocycles. The molecule has 0 N–H and O–H groups in total. The summed E-state index contributed by atoms with van der Waals surface area (Å²) in [6, 6.07) is -1.68. The largest absolute Gasteiger partial charge is 0.264 e. The average molecular weight is 162 g/mol. The van der Waals surface area contributed by atoms with Gasteiger partial charge < -0.3 is 0 Å². The molecule has 6 nitrogen and oxygen atoms in total. The van der Waals surface area contributed by atoms with Gasteiger partial charge in [0, 0.05) is 23.7 Å². The molecule has 0 bridgehead atoms. The third-order valence-electron chi connectivity index (χ3n) is 1.40. The molecular weight excluding hydrogens is 152 g/mol. The van der Waals surface area contributed by atoms with E-state index in [1.807, 2.05) is 0 Å². The lowest BCUT2D eigenvalue weighted by Crippen LogP contribution is -2.25. The van der Waals surface area contributed by atoms with E-state index in [-0.39, 0.29) is 6.42 Å². The van der Waals surface area contributed by atoms with Crippen molar-refractivity contribution in [2.75, 3.05) is 0 Å². The van der Waals surface area contributed by atoms with Gasteiger partial charge >= 0.3 is 0 Å². The molecule has 0 radical (unpaired) electrons. The van der Waals surface area contributed by atoms with Gasteiger partial charge in [0.1, 0.15) is 0 Å². The van der Waals surface area contributed by atoms with Crippen LogP contribution in [0.3, 0.4) is 0 Å². The van der Waals surface area contributed by atoms with Gasteiger partial charge in [-0.3, -0.25) is 20.2 Å². The molecular formula is C5H10N2O4. The van der Waals surface area contributed by atoms with Crippen LogP contribution in [0.15, 0.2) is 0 Å². The highest BCUT2D eigenvalue weighted by Gasteiger charge is 2.23. The summed E-state index contributed by atoms with van der Waals surface area (Å²) < 4.78 is 0. The van der Waals surface area contributed by atoms with Crippen LogP contribution in [0.25, 0.3) is 0 Å². The third-order valence-corrected chi connectivity index (χ3v) is 1.40. The van der Waals surface area contributed by atoms with Crippen LogP contribution < -0.4 is 0 Å². The van der Waals surface area contributed by atoms with Crippen molar-refractivity contribution >= 4 is 0 Å². The minimum absolute atomic E-state index is 0.0139. The highest BCUT2D eigenvalue weighted by molar-refractivity contribution is 4.54. The maximum Gasteiger partial charge on any atom is 0.216 e. The molecule has 0 aliphatic rings. The molecule has 0 saturated heterocycles. The Kier molecular flexibility index (Phi) is 3.43. The maximum absolute atomic E-state index is 10.0. The van der Waals surface area contributed by atoms with E-state index in [0.717, 1.165) is 0 Å². The second kappa shape index (κ2) is 3.85. The lowest BCUT2D eigenvalue weighted by atomic mass is 10.1. The second-order valence-corrected chi connectivity index (χ2v) is 2.50. The Morgan fingerprint density at radius 2 is 1.36 bits per heavy atom. The van der Waals surface area contributed by atoms with Crippen molar-refractivity contribution in [2.45, 2.75) is 32.4 Å². The molecule has 0 aliphatic carbocycles. The summed E-state index contributed by atoms with van der Waals surface area (Å²) in [6.07, 6.45) is -0.0139. The highest BCUT2D eigenvalue weighted by Crippen LogP contribution is 2.02. The van der Waals surface area contributed by atoms with Crippen LogP contribution >= 0.6 is 0 Å². The van der Waals surface area contributed by atoms with Gasteiger partial charge in [-0.15, -0.1) is 0 Å². The van der Waals surface area contributed by atoms with Crippen LogP contribution in [-0.2, 0) is 0 Å². The number of nitrogens with zero attached hydrogens (tertiary/aromatic N) is 2. The SMILES string of the molecule is C[C@H](C[C@H](C)[N+](=O)[O-])[N+](=O)[O-]. The predicted octanol–water partition coefficient (Wildman–Crippen LogP) is 0.707. The number of hydrogen-bond acceptors (Lipinski definition) is 4. The first-order valence-corrected chi connectivity index (χ1v) is 3.22. The van der Waals surface area contributed by atoms with Crippen molar-refractivity contribution in [2.24, 2.45) is 0 Å². The molecule has 0 aromatic carbocycles. The van der Waals surface area contributed by atoms with E-state index >= 15 is 0 Å². The van der Waals surface area contributed by atoms with Crippen molar-refractivity contribution < 1.29 is 9.85 Å². The van der Waals surface area contributed by atoms with Crippen LogP contribution in [-0.4, -0.2) is 21.9 Å². The lowest BCUT2D eigenvalue weighted by Gasteiger charge is -2.04. The molecule has 0 rings (SSSR count).